The van der Waals surface area contributed by atoms with Crippen LogP contribution in [-0.2, 0) is 4.79 Å². The second-order valence-electron chi connectivity index (χ2n) is 11.7. The molecule has 1 aliphatic heterocycles. The van der Waals surface area contributed by atoms with E-state index >= 15 is 0 Å². The number of carbonyl (C=O) groups is 1. The van der Waals surface area contributed by atoms with E-state index in [4.69, 9.17) is 5.73 Å². The molecule has 4 nitrogen and oxygen atoms in total. The van der Waals surface area contributed by atoms with Crippen molar-refractivity contribution in [3.63, 3.8) is 0 Å². The number of nitrogens with two attached hydrogens (primary N) is 1. The Morgan fingerprint density at radius 1 is 1.06 bits per heavy atom. The van der Waals surface area contributed by atoms with Gasteiger partial charge in [0, 0.05) is 38.3 Å². The summed E-state index contributed by atoms with van der Waals surface area (Å²) in [5, 5.41) is 0. The highest BCUT2D eigenvalue weighted by molar-refractivity contribution is 5.75. The van der Waals surface area contributed by atoms with E-state index in [2.05, 4.69) is 62.6 Å². The third-order valence-corrected chi connectivity index (χ3v) is 8.40. The van der Waals surface area contributed by atoms with Gasteiger partial charge in [0.15, 0.2) is 0 Å². The summed E-state index contributed by atoms with van der Waals surface area (Å²) in [6.07, 6.45) is 9.20. The molecule has 1 atom stereocenters. The Morgan fingerprint density at radius 3 is 2.27 bits per heavy atom. The molecular formula is C29H49N3O. The van der Waals surface area contributed by atoms with Gasteiger partial charge in [0.25, 0.3) is 0 Å². The minimum atomic E-state index is -0.197. The molecule has 186 valence electrons. The first kappa shape index (κ1) is 26.1. The predicted molar refractivity (Wildman–Crippen MR) is 141 cm³/mol. The molecule has 0 aromatic heterocycles. The molecule has 3 rings (SSSR count). The molecule has 4 heteroatoms. The van der Waals surface area contributed by atoms with Crippen molar-refractivity contribution in [2.24, 2.45) is 17.1 Å². The monoisotopic (exact) mass is 455 g/mol. The Balaban J connectivity index is 1.82. The molecule has 1 saturated carbocycles. The van der Waals surface area contributed by atoms with Gasteiger partial charge in [-0.15, -0.1) is 0 Å². The Hall–Kier alpha value is -1.55. The maximum absolute atomic E-state index is 11.7. The molecular weight excluding hydrogens is 406 g/mol. The Labute approximate surface area is 203 Å². The van der Waals surface area contributed by atoms with E-state index in [-0.39, 0.29) is 11.8 Å². The summed E-state index contributed by atoms with van der Waals surface area (Å²) in [5.41, 5.74) is 10.3. The SMILES string of the molecule is CCCCN1CCN(c2cc(C(CC)CC(N)=O)ccc2C2CCC(C(C)(C)C)CC2)CC1. The van der Waals surface area contributed by atoms with Crippen LogP contribution in [0.1, 0.15) is 109 Å². The summed E-state index contributed by atoms with van der Waals surface area (Å²) in [6.45, 7) is 17.4. The highest BCUT2D eigenvalue weighted by atomic mass is 16.1. The van der Waals surface area contributed by atoms with Crippen molar-refractivity contribution in [1.82, 2.24) is 4.90 Å². The van der Waals surface area contributed by atoms with Gasteiger partial charge < -0.3 is 10.6 Å². The van der Waals surface area contributed by atoms with Crippen molar-refractivity contribution in [3.8, 4) is 0 Å². The topological polar surface area (TPSA) is 49.6 Å². The third-order valence-electron chi connectivity index (χ3n) is 8.40. The van der Waals surface area contributed by atoms with Crippen LogP contribution in [-0.4, -0.2) is 43.5 Å². The maximum atomic E-state index is 11.7. The van der Waals surface area contributed by atoms with Crippen molar-refractivity contribution in [2.45, 2.75) is 97.8 Å². The molecule has 1 aromatic rings. The predicted octanol–water partition coefficient (Wildman–Crippen LogP) is 6.30. The van der Waals surface area contributed by atoms with Gasteiger partial charge in [0.2, 0.25) is 5.91 Å². The molecule has 1 saturated heterocycles. The minimum Gasteiger partial charge on any atom is -0.370 e. The molecule has 0 radical (unpaired) electrons. The van der Waals surface area contributed by atoms with Crippen LogP contribution in [0.4, 0.5) is 5.69 Å². The normalized spacial score (nSPS) is 23.5. The number of primary amides is 1. The van der Waals surface area contributed by atoms with Gasteiger partial charge in [0.1, 0.15) is 0 Å². The highest BCUT2D eigenvalue weighted by Crippen LogP contribution is 2.46. The van der Waals surface area contributed by atoms with E-state index in [1.165, 1.54) is 56.3 Å². The first-order chi connectivity index (χ1) is 15.7. The van der Waals surface area contributed by atoms with E-state index in [1.54, 1.807) is 5.56 Å². The fraction of sp³-hybridized carbons (Fsp3) is 0.759. The molecule has 1 unspecified atom stereocenters. The van der Waals surface area contributed by atoms with Gasteiger partial charge in [-0.05, 0) is 85.4 Å². The van der Waals surface area contributed by atoms with E-state index in [0.29, 0.717) is 17.8 Å². The van der Waals surface area contributed by atoms with Crippen LogP contribution < -0.4 is 10.6 Å². The minimum absolute atomic E-state index is 0.197. The van der Waals surface area contributed by atoms with Crippen LogP contribution in [0.15, 0.2) is 18.2 Å². The second kappa shape index (κ2) is 11.7. The Bertz CT molecular complexity index is 753. The summed E-state index contributed by atoms with van der Waals surface area (Å²) in [6, 6.07) is 7.12. The van der Waals surface area contributed by atoms with Gasteiger partial charge in [0.05, 0.1) is 0 Å². The van der Waals surface area contributed by atoms with Gasteiger partial charge in [-0.25, -0.2) is 0 Å². The lowest BCUT2D eigenvalue weighted by molar-refractivity contribution is -0.118. The summed E-state index contributed by atoms with van der Waals surface area (Å²) >= 11 is 0. The molecule has 2 aliphatic rings. The number of hydrogen-bond donors (Lipinski definition) is 1. The van der Waals surface area contributed by atoms with Crippen LogP contribution in [0, 0.1) is 11.3 Å². The molecule has 2 N–H and O–H groups in total. The van der Waals surface area contributed by atoms with Crippen LogP contribution in [0.25, 0.3) is 0 Å². The lowest BCUT2D eigenvalue weighted by atomic mass is 9.68. The first-order valence-electron chi connectivity index (χ1n) is 13.6. The van der Waals surface area contributed by atoms with Gasteiger partial charge in [-0.1, -0.05) is 53.2 Å². The highest BCUT2D eigenvalue weighted by Gasteiger charge is 2.32. The molecule has 1 heterocycles. The molecule has 0 spiro atoms. The number of amides is 1. The summed E-state index contributed by atoms with van der Waals surface area (Å²) in [4.78, 5) is 16.9. The van der Waals surface area contributed by atoms with Crippen LogP contribution in [0.3, 0.4) is 0 Å². The largest absolute Gasteiger partial charge is 0.370 e. The molecule has 0 bridgehead atoms. The van der Waals surface area contributed by atoms with E-state index in [1.807, 2.05) is 0 Å². The van der Waals surface area contributed by atoms with Gasteiger partial charge >= 0.3 is 0 Å². The van der Waals surface area contributed by atoms with Crippen molar-refractivity contribution >= 4 is 11.6 Å². The molecule has 1 amide bonds. The van der Waals surface area contributed by atoms with Crippen molar-refractivity contribution in [2.75, 3.05) is 37.6 Å². The number of hydrogen-bond acceptors (Lipinski definition) is 3. The third kappa shape index (κ3) is 6.97. The number of benzene rings is 1. The average Bonchev–Trinajstić information content (AvgIpc) is 2.80. The molecule has 1 aromatic carbocycles. The van der Waals surface area contributed by atoms with Crippen molar-refractivity contribution in [3.05, 3.63) is 29.3 Å². The number of carbonyl (C=O) groups excluding carboxylic acids is 1. The van der Waals surface area contributed by atoms with Gasteiger partial charge in [-0.3, -0.25) is 9.69 Å². The summed E-state index contributed by atoms with van der Waals surface area (Å²) < 4.78 is 0. The van der Waals surface area contributed by atoms with Crippen molar-refractivity contribution < 1.29 is 4.79 Å². The number of piperazine rings is 1. The van der Waals surface area contributed by atoms with Crippen molar-refractivity contribution in [1.29, 1.82) is 0 Å². The molecule has 33 heavy (non-hydrogen) atoms. The lowest BCUT2D eigenvalue weighted by Crippen LogP contribution is -2.47. The summed E-state index contributed by atoms with van der Waals surface area (Å²) in [5.74, 6) is 1.51. The second-order valence-corrected chi connectivity index (χ2v) is 11.7. The fourth-order valence-electron chi connectivity index (χ4n) is 6.04. The number of unbranched alkanes of at least 4 members (excludes halogenated alkanes) is 1. The van der Waals surface area contributed by atoms with Crippen LogP contribution >= 0.6 is 0 Å². The smallest absolute Gasteiger partial charge is 0.218 e. The molecule has 1 aliphatic carbocycles. The number of nitrogens with zero attached hydrogens (tertiary/aromatic N) is 2. The number of rotatable bonds is 9. The Kier molecular flexibility index (Phi) is 9.26. The zero-order chi connectivity index (χ0) is 24.0. The fourth-order valence-corrected chi connectivity index (χ4v) is 6.04. The van der Waals surface area contributed by atoms with E-state index in [9.17, 15) is 4.79 Å². The number of anilines is 1. The first-order valence-corrected chi connectivity index (χ1v) is 13.6. The Morgan fingerprint density at radius 2 is 1.73 bits per heavy atom. The zero-order valence-corrected chi connectivity index (χ0v) is 22.0. The van der Waals surface area contributed by atoms with E-state index in [0.717, 1.165) is 38.5 Å². The zero-order valence-electron chi connectivity index (χ0n) is 22.0. The summed E-state index contributed by atoms with van der Waals surface area (Å²) in [7, 11) is 0. The van der Waals surface area contributed by atoms with Gasteiger partial charge in [-0.2, -0.15) is 0 Å². The average molecular weight is 456 g/mol. The quantitative estimate of drug-likeness (QED) is 0.475. The molecule has 2 fully saturated rings. The van der Waals surface area contributed by atoms with Crippen LogP contribution in [0.5, 0.6) is 0 Å². The standard InChI is InChI=1S/C29H49N3O/c1-6-8-15-31-16-18-32(19-17-31)27-20-24(22(7-2)21-28(30)33)11-14-26(27)23-9-12-25(13-10-23)29(3,4)5/h11,14,20,22-23,25H,6-10,12-13,15-19,21H2,1-5H3,(H2,30,33). The maximum Gasteiger partial charge on any atom is 0.218 e. The lowest BCUT2D eigenvalue weighted by Gasteiger charge is -2.40. The van der Waals surface area contributed by atoms with Crippen LogP contribution in [0.2, 0.25) is 0 Å². The van der Waals surface area contributed by atoms with E-state index < -0.39 is 0 Å².